The highest BCUT2D eigenvalue weighted by molar-refractivity contribution is 5.69. The van der Waals surface area contributed by atoms with E-state index in [0.29, 0.717) is 6.04 Å². The third-order valence-electron chi connectivity index (χ3n) is 3.52. The molecule has 0 aliphatic heterocycles. The zero-order valence-corrected chi connectivity index (χ0v) is 11.0. The number of rotatable bonds is 3. The van der Waals surface area contributed by atoms with Gasteiger partial charge < -0.3 is 5.11 Å². The number of hydrogen-bond donors (Lipinski definition) is 1. The van der Waals surface area contributed by atoms with Gasteiger partial charge >= 0.3 is 5.97 Å². The number of carboxylic acid groups (broad SMARTS) is 1. The van der Waals surface area contributed by atoms with Crippen LogP contribution < -0.4 is 0 Å². The van der Waals surface area contributed by atoms with Crippen LogP contribution in [0.5, 0.6) is 0 Å². The number of carbonyl (C=O) groups is 1. The van der Waals surface area contributed by atoms with E-state index in [1.807, 2.05) is 0 Å². The van der Waals surface area contributed by atoms with Gasteiger partial charge in [0, 0.05) is 11.6 Å². The van der Waals surface area contributed by atoms with Gasteiger partial charge in [-0.15, -0.1) is 0 Å². The van der Waals surface area contributed by atoms with E-state index in [9.17, 15) is 4.79 Å². The first-order valence-electron chi connectivity index (χ1n) is 6.29. The van der Waals surface area contributed by atoms with Gasteiger partial charge in [-0.3, -0.25) is 9.69 Å². The van der Waals surface area contributed by atoms with Crippen LogP contribution in [0, 0.1) is 5.92 Å². The van der Waals surface area contributed by atoms with E-state index >= 15 is 0 Å². The third kappa shape index (κ3) is 3.78. The summed E-state index contributed by atoms with van der Waals surface area (Å²) in [6.45, 7) is 8.76. The van der Waals surface area contributed by atoms with Crippen molar-refractivity contribution in [2.45, 2.75) is 65.0 Å². The zero-order chi connectivity index (χ0) is 12.3. The van der Waals surface area contributed by atoms with Gasteiger partial charge in [-0.1, -0.05) is 19.8 Å². The molecule has 0 amide bonds. The molecule has 2 unspecified atom stereocenters. The molecule has 1 rings (SSSR count). The van der Waals surface area contributed by atoms with Crippen LogP contribution in [0.15, 0.2) is 0 Å². The fourth-order valence-corrected chi connectivity index (χ4v) is 2.74. The quantitative estimate of drug-likeness (QED) is 0.806. The van der Waals surface area contributed by atoms with Crippen molar-refractivity contribution in [2.24, 2.45) is 5.92 Å². The van der Waals surface area contributed by atoms with Gasteiger partial charge in [0.1, 0.15) is 0 Å². The molecular formula is C13H25NO2. The lowest BCUT2D eigenvalue weighted by Crippen LogP contribution is -2.51. The first-order chi connectivity index (χ1) is 7.30. The van der Waals surface area contributed by atoms with Crippen LogP contribution in [0.25, 0.3) is 0 Å². The Morgan fingerprint density at radius 2 is 2.00 bits per heavy atom. The summed E-state index contributed by atoms with van der Waals surface area (Å²) in [5, 5.41) is 9.00. The fourth-order valence-electron chi connectivity index (χ4n) is 2.74. The molecule has 0 radical (unpaired) electrons. The highest BCUT2D eigenvalue weighted by Gasteiger charge is 2.32. The van der Waals surface area contributed by atoms with Gasteiger partial charge in [0.2, 0.25) is 0 Å². The smallest absolute Gasteiger partial charge is 0.317 e. The maximum absolute atomic E-state index is 10.9. The average molecular weight is 227 g/mol. The molecule has 94 valence electrons. The van der Waals surface area contributed by atoms with Crippen LogP contribution in [0.2, 0.25) is 0 Å². The number of carboxylic acids is 1. The van der Waals surface area contributed by atoms with Crippen LogP contribution in [-0.2, 0) is 4.79 Å². The highest BCUT2D eigenvalue weighted by atomic mass is 16.4. The van der Waals surface area contributed by atoms with Crippen molar-refractivity contribution >= 4 is 5.97 Å². The van der Waals surface area contributed by atoms with Crippen LogP contribution in [0.4, 0.5) is 0 Å². The molecule has 0 spiro atoms. The van der Waals surface area contributed by atoms with Crippen LogP contribution in [-0.4, -0.2) is 34.1 Å². The molecular weight excluding hydrogens is 202 g/mol. The van der Waals surface area contributed by atoms with Gasteiger partial charge in [-0.2, -0.15) is 0 Å². The molecule has 0 aromatic carbocycles. The van der Waals surface area contributed by atoms with Crippen molar-refractivity contribution in [3.8, 4) is 0 Å². The molecule has 2 atom stereocenters. The van der Waals surface area contributed by atoms with Gasteiger partial charge in [0.15, 0.2) is 0 Å². The minimum Gasteiger partial charge on any atom is -0.480 e. The van der Waals surface area contributed by atoms with Crippen molar-refractivity contribution in [3.05, 3.63) is 0 Å². The molecule has 3 nitrogen and oxygen atoms in total. The second-order valence-electron chi connectivity index (χ2n) is 6.12. The van der Waals surface area contributed by atoms with E-state index in [0.717, 1.165) is 18.8 Å². The van der Waals surface area contributed by atoms with Crippen LogP contribution in [0.1, 0.15) is 53.4 Å². The summed E-state index contributed by atoms with van der Waals surface area (Å²) in [5.41, 5.74) is -0.0554. The second-order valence-corrected chi connectivity index (χ2v) is 6.12. The summed E-state index contributed by atoms with van der Waals surface area (Å²) in [7, 11) is 0. The van der Waals surface area contributed by atoms with Crippen molar-refractivity contribution in [2.75, 3.05) is 6.54 Å². The molecule has 0 aromatic heterocycles. The first-order valence-corrected chi connectivity index (χ1v) is 6.29. The van der Waals surface area contributed by atoms with Crippen LogP contribution in [0.3, 0.4) is 0 Å². The second kappa shape index (κ2) is 5.17. The third-order valence-corrected chi connectivity index (χ3v) is 3.52. The van der Waals surface area contributed by atoms with Crippen molar-refractivity contribution in [1.82, 2.24) is 4.90 Å². The summed E-state index contributed by atoms with van der Waals surface area (Å²) in [6.07, 6.45) is 4.82. The summed E-state index contributed by atoms with van der Waals surface area (Å²) in [6, 6.07) is 0.444. The predicted molar refractivity (Wildman–Crippen MR) is 65.5 cm³/mol. The lowest BCUT2D eigenvalue weighted by atomic mass is 9.84. The van der Waals surface area contributed by atoms with E-state index in [-0.39, 0.29) is 12.1 Å². The number of aliphatic carboxylic acids is 1. The summed E-state index contributed by atoms with van der Waals surface area (Å²) >= 11 is 0. The van der Waals surface area contributed by atoms with Gasteiger partial charge in [-0.25, -0.2) is 0 Å². The van der Waals surface area contributed by atoms with E-state index in [4.69, 9.17) is 5.11 Å². The standard InChI is InChI=1S/C13H25NO2/c1-10-6-5-7-11(8-10)14(9-12(15)16)13(2,3)4/h10-11H,5-9H2,1-4H3,(H,15,16). The molecule has 1 saturated carbocycles. The molecule has 1 fully saturated rings. The Kier molecular flexibility index (Phi) is 4.36. The van der Waals surface area contributed by atoms with E-state index in [1.54, 1.807) is 0 Å². The van der Waals surface area contributed by atoms with E-state index in [1.165, 1.54) is 12.8 Å². The van der Waals surface area contributed by atoms with Crippen molar-refractivity contribution in [3.63, 3.8) is 0 Å². The Labute approximate surface area is 98.8 Å². The van der Waals surface area contributed by atoms with Crippen molar-refractivity contribution in [1.29, 1.82) is 0 Å². The molecule has 1 aliphatic rings. The average Bonchev–Trinajstić information content (AvgIpc) is 2.12. The van der Waals surface area contributed by atoms with Gasteiger partial charge in [0.25, 0.3) is 0 Å². The normalized spacial score (nSPS) is 27.1. The maximum Gasteiger partial charge on any atom is 0.317 e. The largest absolute Gasteiger partial charge is 0.480 e. The molecule has 0 heterocycles. The first kappa shape index (κ1) is 13.5. The van der Waals surface area contributed by atoms with Gasteiger partial charge in [0.05, 0.1) is 6.54 Å². The minimum atomic E-state index is -0.715. The summed E-state index contributed by atoms with van der Waals surface area (Å²) < 4.78 is 0. The monoisotopic (exact) mass is 227 g/mol. The SMILES string of the molecule is CC1CCCC(N(CC(=O)O)C(C)(C)C)C1. The van der Waals surface area contributed by atoms with E-state index in [2.05, 4.69) is 32.6 Å². The predicted octanol–water partition coefficient (Wildman–Crippen LogP) is 2.75. The molecule has 1 N–H and O–H groups in total. The molecule has 1 aliphatic carbocycles. The molecule has 0 aromatic rings. The van der Waals surface area contributed by atoms with Crippen molar-refractivity contribution < 1.29 is 9.90 Å². The lowest BCUT2D eigenvalue weighted by molar-refractivity contribution is -0.141. The summed E-state index contributed by atoms with van der Waals surface area (Å²) in [4.78, 5) is 13.1. The number of nitrogens with zero attached hydrogens (tertiary/aromatic N) is 1. The zero-order valence-electron chi connectivity index (χ0n) is 11.0. The minimum absolute atomic E-state index is 0.0554. The Morgan fingerprint density at radius 3 is 2.44 bits per heavy atom. The highest BCUT2D eigenvalue weighted by Crippen LogP contribution is 2.30. The molecule has 0 bridgehead atoms. The Bertz CT molecular complexity index is 245. The lowest BCUT2D eigenvalue weighted by Gasteiger charge is -2.43. The van der Waals surface area contributed by atoms with Crippen LogP contribution >= 0.6 is 0 Å². The maximum atomic E-state index is 10.9. The topological polar surface area (TPSA) is 40.5 Å². The Balaban J connectivity index is 2.71. The fraction of sp³-hybridized carbons (Fsp3) is 0.923. The molecule has 3 heteroatoms. The van der Waals surface area contributed by atoms with Gasteiger partial charge in [-0.05, 0) is 39.5 Å². The Hall–Kier alpha value is -0.570. The molecule has 0 saturated heterocycles. The van der Waals surface area contributed by atoms with E-state index < -0.39 is 5.97 Å². The Morgan fingerprint density at radius 1 is 1.38 bits per heavy atom. The molecule has 16 heavy (non-hydrogen) atoms. The summed E-state index contributed by atoms with van der Waals surface area (Å²) in [5.74, 6) is 0.0190. The number of hydrogen-bond acceptors (Lipinski definition) is 2.